The molecule has 1 heterocycles. The lowest BCUT2D eigenvalue weighted by Crippen LogP contribution is -2.18. The average Bonchev–Trinajstić information content (AvgIpc) is 2.81. The van der Waals surface area contributed by atoms with Crippen LogP contribution in [0.1, 0.15) is 12.8 Å². The van der Waals surface area contributed by atoms with Gasteiger partial charge in [-0.25, -0.2) is 4.98 Å². The lowest BCUT2D eigenvalue weighted by atomic mass is 10.1. The van der Waals surface area contributed by atoms with Gasteiger partial charge in [-0.15, -0.1) is 11.3 Å². The standard InChI is InChI=1S/C8H11ClN2OS/c9-6-3-13-7(11-6)10-4-8(5-12)1-2-8/h3,12H,1-2,4-5H2,(H,10,11). The quantitative estimate of drug-likeness (QED) is 0.813. The molecule has 0 bridgehead atoms. The first-order chi connectivity index (χ1) is 6.24. The normalized spacial score (nSPS) is 18.6. The van der Waals surface area contributed by atoms with Crippen molar-refractivity contribution in [2.45, 2.75) is 12.8 Å². The molecule has 2 N–H and O–H groups in total. The summed E-state index contributed by atoms with van der Waals surface area (Å²) < 4.78 is 0. The maximum absolute atomic E-state index is 9.06. The van der Waals surface area contributed by atoms with Crippen molar-refractivity contribution in [3.8, 4) is 0 Å². The van der Waals surface area contributed by atoms with Crippen molar-refractivity contribution in [1.82, 2.24) is 4.98 Å². The number of hydrogen-bond donors (Lipinski definition) is 2. The van der Waals surface area contributed by atoms with E-state index in [1.54, 1.807) is 5.38 Å². The average molecular weight is 219 g/mol. The first kappa shape index (κ1) is 9.24. The molecular formula is C8H11ClN2OS. The minimum absolute atomic E-state index is 0.123. The molecule has 0 saturated heterocycles. The summed E-state index contributed by atoms with van der Waals surface area (Å²) in [7, 11) is 0. The van der Waals surface area contributed by atoms with E-state index in [4.69, 9.17) is 16.7 Å². The highest BCUT2D eigenvalue weighted by Gasteiger charge is 2.41. The predicted molar refractivity (Wildman–Crippen MR) is 54.4 cm³/mol. The smallest absolute Gasteiger partial charge is 0.184 e. The molecule has 1 fully saturated rings. The number of rotatable bonds is 4. The molecule has 0 radical (unpaired) electrons. The van der Waals surface area contributed by atoms with Crippen LogP contribution in [0.5, 0.6) is 0 Å². The third-order valence-electron chi connectivity index (χ3n) is 2.38. The summed E-state index contributed by atoms with van der Waals surface area (Å²) in [5, 5.41) is 15.4. The van der Waals surface area contributed by atoms with Gasteiger partial charge in [-0.05, 0) is 12.8 Å². The SMILES string of the molecule is OCC1(CNc2nc(Cl)cs2)CC1. The van der Waals surface area contributed by atoms with Gasteiger partial charge < -0.3 is 10.4 Å². The van der Waals surface area contributed by atoms with E-state index in [1.165, 1.54) is 11.3 Å². The lowest BCUT2D eigenvalue weighted by molar-refractivity contribution is 0.220. The molecule has 2 rings (SSSR count). The van der Waals surface area contributed by atoms with Gasteiger partial charge in [0.1, 0.15) is 5.15 Å². The summed E-state index contributed by atoms with van der Waals surface area (Å²) in [4.78, 5) is 4.07. The van der Waals surface area contributed by atoms with E-state index in [1.807, 2.05) is 0 Å². The number of nitrogens with zero attached hydrogens (tertiary/aromatic N) is 1. The number of halogens is 1. The van der Waals surface area contributed by atoms with Crippen LogP contribution < -0.4 is 5.32 Å². The van der Waals surface area contributed by atoms with Crippen molar-refractivity contribution in [1.29, 1.82) is 0 Å². The third kappa shape index (κ3) is 2.13. The van der Waals surface area contributed by atoms with Gasteiger partial charge in [0, 0.05) is 17.3 Å². The Bertz CT molecular complexity index is 298. The van der Waals surface area contributed by atoms with Crippen LogP contribution in [0.2, 0.25) is 5.15 Å². The summed E-state index contributed by atoms with van der Waals surface area (Å²) >= 11 is 7.16. The van der Waals surface area contributed by atoms with E-state index in [9.17, 15) is 0 Å². The molecule has 0 amide bonds. The van der Waals surface area contributed by atoms with Crippen molar-refractivity contribution in [3.05, 3.63) is 10.5 Å². The van der Waals surface area contributed by atoms with Crippen LogP contribution in [-0.4, -0.2) is 23.2 Å². The molecule has 0 atom stereocenters. The van der Waals surface area contributed by atoms with Crippen LogP contribution in [0.15, 0.2) is 5.38 Å². The maximum atomic E-state index is 9.06. The van der Waals surface area contributed by atoms with Crippen molar-refractivity contribution >= 4 is 28.1 Å². The first-order valence-corrected chi connectivity index (χ1v) is 5.46. The monoisotopic (exact) mass is 218 g/mol. The molecule has 1 aromatic heterocycles. The maximum Gasteiger partial charge on any atom is 0.184 e. The number of aromatic nitrogens is 1. The Morgan fingerprint density at radius 3 is 2.92 bits per heavy atom. The molecule has 13 heavy (non-hydrogen) atoms. The summed E-state index contributed by atoms with van der Waals surface area (Å²) in [6.45, 7) is 1.06. The molecule has 0 aliphatic heterocycles. The van der Waals surface area contributed by atoms with E-state index in [0.29, 0.717) is 5.15 Å². The Hall–Kier alpha value is -0.320. The first-order valence-electron chi connectivity index (χ1n) is 4.20. The fraction of sp³-hybridized carbons (Fsp3) is 0.625. The van der Waals surface area contributed by atoms with Crippen molar-refractivity contribution < 1.29 is 5.11 Å². The molecule has 0 aromatic carbocycles. The predicted octanol–water partition coefficient (Wildman–Crippen LogP) is 1.98. The summed E-state index contributed by atoms with van der Waals surface area (Å²) in [5.74, 6) is 0. The Morgan fingerprint density at radius 1 is 1.69 bits per heavy atom. The summed E-state index contributed by atoms with van der Waals surface area (Å²) in [5.41, 5.74) is 0.123. The fourth-order valence-corrected chi connectivity index (χ4v) is 2.00. The largest absolute Gasteiger partial charge is 0.396 e. The van der Waals surface area contributed by atoms with Gasteiger partial charge in [-0.2, -0.15) is 0 Å². The number of thiazole rings is 1. The van der Waals surface area contributed by atoms with Crippen molar-refractivity contribution in [3.63, 3.8) is 0 Å². The Balaban J connectivity index is 1.86. The second kappa shape index (κ2) is 3.44. The number of hydrogen-bond acceptors (Lipinski definition) is 4. The van der Waals surface area contributed by atoms with Gasteiger partial charge in [0.05, 0.1) is 6.61 Å². The zero-order valence-electron chi connectivity index (χ0n) is 7.09. The van der Waals surface area contributed by atoms with Gasteiger partial charge >= 0.3 is 0 Å². The summed E-state index contributed by atoms with van der Waals surface area (Å²) in [6.07, 6.45) is 2.21. The second-order valence-electron chi connectivity index (χ2n) is 3.49. The molecule has 3 nitrogen and oxygen atoms in total. The molecule has 1 aromatic rings. The number of nitrogens with one attached hydrogen (secondary N) is 1. The van der Waals surface area contributed by atoms with Crippen molar-refractivity contribution in [2.75, 3.05) is 18.5 Å². The highest BCUT2D eigenvalue weighted by atomic mass is 35.5. The lowest BCUT2D eigenvalue weighted by Gasteiger charge is -2.11. The van der Waals surface area contributed by atoms with Crippen LogP contribution in [0.3, 0.4) is 0 Å². The Labute approximate surface area is 85.8 Å². The number of aliphatic hydroxyl groups is 1. The van der Waals surface area contributed by atoms with Crippen LogP contribution >= 0.6 is 22.9 Å². The number of aliphatic hydroxyl groups excluding tert-OH is 1. The molecule has 5 heteroatoms. The van der Waals surface area contributed by atoms with E-state index >= 15 is 0 Å². The minimum atomic E-state index is 0.123. The van der Waals surface area contributed by atoms with E-state index in [2.05, 4.69) is 10.3 Å². The van der Waals surface area contributed by atoms with E-state index in [-0.39, 0.29) is 12.0 Å². The van der Waals surface area contributed by atoms with Crippen LogP contribution in [0, 0.1) is 5.41 Å². The molecule has 0 unspecified atom stereocenters. The van der Waals surface area contributed by atoms with Crippen molar-refractivity contribution in [2.24, 2.45) is 5.41 Å². The molecule has 0 spiro atoms. The van der Waals surface area contributed by atoms with Crippen LogP contribution in [-0.2, 0) is 0 Å². The number of anilines is 1. The van der Waals surface area contributed by atoms with Gasteiger partial charge in [0.15, 0.2) is 5.13 Å². The third-order valence-corrected chi connectivity index (χ3v) is 3.51. The molecular weight excluding hydrogens is 208 g/mol. The van der Waals surface area contributed by atoms with Crippen LogP contribution in [0.4, 0.5) is 5.13 Å². The highest BCUT2D eigenvalue weighted by molar-refractivity contribution is 7.14. The summed E-state index contributed by atoms with van der Waals surface area (Å²) in [6, 6.07) is 0. The zero-order chi connectivity index (χ0) is 9.31. The second-order valence-corrected chi connectivity index (χ2v) is 4.73. The van der Waals surface area contributed by atoms with Crippen LogP contribution in [0.25, 0.3) is 0 Å². The Morgan fingerprint density at radius 2 is 2.46 bits per heavy atom. The Kier molecular flexibility index (Phi) is 2.45. The van der Waals surface area contributed by atoms with Gasteiger partial charge in [-0.1, -0.05) is 11.6 Å². The van der Waals surface area contributed by atoms with Gasteiger partial charge in [0.25, 0.3) is 0 Å². The molecule has 1 aliphatic rings. The van der Waals surface area contributed by atoms with Gasteiger partial charge in [0.2, 0.25) is 0 Å². The molecule has 72 valence electrons. The topological polar surface area (TPSA) is 45.1 Å². The zero-order valence-corrected chi connectivity index (χ0v) is 8.66. The fourth-order valence-electron chi connectivity index (χ4n) is 1.17. The van der Waals surface area contributed by atoms with Gasteiger partial charge in [-0.3, -0.25) is 0 Å². The molecule has 1 aliphatic carbocycles. The molecule has 1 saturated carbocycles. The van der Waals surface area contributed by atoms with E-state index < -0.39 is 0 Å². The highest BCUT2D eigenvalue weighted by Crippen LogP contribution is 2.45. The minimum Gasteiger partial charge on any atom is -0.396 e. The van der Waals surface area contributed by atoms with E-state index in [0.717, 1.165) is 24.5 Å².